The van der Waals surface area contributed by atoms with Crippen LogP contribution in [0.4, 0.5) is 11.4 Å². The molecule has 2 rings (SSSR count). The third kappa shape index (κ3) is 2.97. The van der Waals surface area contributed by atoms with E-state index in [-0.39, 0.29) is 0 Å². The van der Waals surface area contributed by atoms with Gasteiger partial charge in [0.25, 0.3) is 0 Å². The average molecular weight is 292 g/mol. The number of nitrogens with two attached hydrogens (primary N) is 1. The third-order valence-electron chi connectivity index (χ3n) is 2.53. The van der Waals surface area contributed by atoms with Gasteiger partial charge in [-0.05, 0) is 39.7 Å². The Kier molecular flexibility index (Phi) is 3.64. The van der Waals surface area contributed by atoms with Gasteiger partial charge < -0.3 is 10.6 Å². The Balaban J connectivity index is 2.17. The molecule has 0 aliphatic rings. The number of nitrogen functional groups attached to an aromatic ring is 1. The molecule has 1 aromatic heterocycles. The lowest BCUT2D eigenvalue weighted by Gasteiger charge is -2.20. The van der Waals surface area contributed by atoms with Gasteiger partial charge in [-0.1, -0.05) is 12.1 Å². The van der Waals surface area contributed by atoms with Crippen LogP contribution in [-0.4, -0.2) is 12.0 Å². The normalized spacial score (nSPS) is 10.2. The summed E-state index contributed by atoms with van der Waals surface area (Å²) in [5, 5.41) is 0. The smallest absolute Gasteiger partial charge is 0.0600 e. The predicted molar refractivity (Wildman–Crippen MR) is 74.9 cm³/mol. The molecule has 1 heterocycles. The van der Waals surface area contributed by atoms with E-state index < -0.39 is 0 Å². The van der Waals surface area contributed by atoms with E-state index in [9.17, 15) is 0 Å². The molecule has 17 heavy (non-hydrogen) atoms. The van der Waals surface area contributed by atoms with Crippen molar-refractivity contribution >= 4 is 27.3 Å². The van der Waals surface area contributed by atoms with Crippen LogP contribution in [0.25, 0.3) is 0 Å². The molecule has 3 nitrogen and oxygen atoms in total. The Labute approximate surface area is 109 Å². The second-order valence-electron chi connectivity index (χ2n) is 3.93. The van der Waals surface area contributed by atoms with Gasteiger partial charge >= 0.3 is 0 Å². The molecule has 0 bridgehead atoms. The summed E-state index contributed by atoms with van der Waals surface area (Å²) < 4.78 is 0.990. The van der Waals surface area contributed by atoms with Crippen LogP contribution in [0.1, 0.15) is 5.56 Å². The lowest BCUT2D eigenvalue weighted by molar-refractivity contribution is 0.915. The number of halogens is 1. The van der Waals surface area contributed by atoms with Crippen molar-refractivity contribution < 1.29 is 0 Å². The van der Waals surface area contributed by atoms with E-state index in [0.29, 0.717) is 0 Å². The number of hydrogen-bond donors (Lipinski definition) is 1. The first-order valence-electron chi connectivity index (χ1n) is 5.32. The number of rotatable bonds is 3. The maximum Gasteiger partial charge on any atom is 0.0600 e. The average Bonchev–Trinajstić information content (AvgIpc) is 2.29. The van der Waals surface area contributed by atoms with Gasteiger partial charge in [0.05, 0.1) is 11.4 Å². The molecule has 2 aromatic rings. The minimum absolute atomic E-state index is 0.778. The van der Waals surface area contributed by atoms with Crippen molar-refractivity contribution in [1.29, 1.82) is 0 Å². The number of nitrogens with zero attached hydrogens (tertiary/aromatic N) is 2. The first-order valence-corrected chi connectivity index (χ1v) is 6.11. The van der Waals surface area contributed by atoms with E-state index in [1.54, 1.807) is 6.20 Å². The molecule has 88 valence electrons. The molecule has 0 radical (unpaired) electrons. The summed E-state index contributed by atoms with van der Waals surface area (Å²) in [5.74, 6) is 0. The van der Waals surface area contributed by atoms with Crippen molar-refractivity contribution in [2.24, 2.45) is 0 Å². The van der Waals surface area contributed by atoms with Gasteiger partial charge in [-0.15, -0.1) is 0 Å². The van der Waals surface area contributed by atoms with Gasteiger partial charge in [-0.3, -0.25) is 4.98 Å². The fourth-order valence-electron chi connectivity index (χ4n) is 1.74. The SMILES string of the molecule is CN(Cc1cncc(Br)c1)c1ccccc1N. The minimum Gasteiger partial charge on any atom is -0.397 e. The van der Waals surface area contributed by atoms with E-state index in [1.807, 2.05) is 37.5 Å². The van der Waals surface area contributed by atoms with E-state index in [1.165, 1.54) is 0 Å². The maximum absolute atomic E-state index is 5.94. The molecule has 0 fully saturated rings. The van der Waals surface area contributed by atoms with Crippen molar-refractivity contribution in [2.45, 2.75) is 6.54 Å². The van der Waals surface area contributed by atoms with Crippen LogP contribution < -0.4 is 10.6 Å². The fraction of sp³-hybridized carbons (Fsp3) is 0.154. The van der Waals surface area contributed by atoms with Gasteiger partial charge in [0, 0.05) is 30.5 Å². The Morgan fingerprint density at radius 1 is 1.29 bits per heavy atom. The molecule has 0 atom stereocenters. The summed E-state index contributed by atoms with van der Waals surface area (Å²) in [5.41, 5.74) is 8.91. The molecule has 1 aromatic carbocycles. The highest BCUT2D eigenvalue weighted by Gasteiger charge is 2.05. The zero-order valence-corrected chi connectivity index (χ0v) is 11.2. The van der Waals surface area contributed by atoms with Crippen molar-refractivity contribution in [3.8, 4) is 0 Å². The summed E-state index contributed by atoms with van der Waals surface area (Å²) in [7, 11) is 2.02. The minimum atomic E-state index is 0.778. The number of benzene rings is 1. The Hall–Kier alpha value is -1.55. The van der Waals surface area contributed by atoms with Crippen LogP contribution in [-0.2, 0) is 6.54 Å². The number of anilines is 2. The second-order valence-corrected chi connectivity index (χ2v) is 4.84. The maximum atomic E-state index is 5.94. The Morgan fingerprint density at radius 2 is 2.06 bits per heavy atom. The molecule has 0 spiro atoms. The van der Waals surface area contributed by atoms with Crippen LogP contribution in [0.3, 0.4) is 0 Å². The topological polar surface area (TPSA) is 42.2 Å². The van der Waals surface area contributed by atoms with Crippen molar-refractivity contribution in [1.82, 2.24) is 4.98 Å². The standard InChI is InChI=1S/C13H14BrN3/c1-17(13-5-3-2-4-12(13)15)9-10-6-11(14)8-16-7-10/h2-8H,9,15H2,1H3. The van der Waals surface area contributed by atoms with E-state index >= 15 is 0 Å². The largest absolute Gasteiger partial charge is 0.397 e. The summed E-state index contributed by atoms with van der Waals surface area (Å²) in [6, 6.07) is 9.91. The summed E-state index contributed by atoms with van der Waals surface area (Å²) in [6.07, 6.45) is 3.64. The second kappa shape index (κ2) is 5.19. The summed E-state index contributed by atoms with van der Waals surface area (Å²) in [6.45, 7) is 0.778. The first-order chi connectivity index (χ1) is 8.16. The third-order valence-corrected chi connectivity index (χ3v) is 2.96. The highest BCUT2D eigenvalue weighted by atomic mass is 79.9. The van der Waals surface area contributed by atoms with Crippen LogP contribution >= 0.6 is 15.9 Å². The monoisotopic (exact) mass is 291 g/mol. The highest BCUT2D eigenvalue weighted by Crippen LogP contribution is 2.23. The number of aromatic nitrogens is 1. The predicted octanol–water partition coefficient (Wildman–Crippen LogP) is 3.06. The lowest BCUT2D eigenvalue weighted by Crippen LogP contribution is -2.17. The molecular formula is C13H14BrN3. The van der Waals surface area contributed by atoms with Gasteiger partial charge in [0.2, 0.25) is 0 Å². The van der Waals surface area contributed by atoms with E-state index in [0.717, 1.165) is 28.0 Å². The molecule has 0 amide bonds. The zero-order valence-electron chi connectivity index (χ0n) is 9.60. The number of para-hydroxylation sites is 2. The Morgan fingerprint density at radius 3 is 2.76 bits per heavy atom. The molecule has 0 aliphatic carbocycles. The lowest BCUT2D eigenvalue weighted by atomic mass is 10.2. The van der Waals surface area contributed by atoms with Gasteiger partial charge in [-0.2, -0.15) is 0 Å². The van der Waals surface area contributed by atoms with Gasteiger partial charge in [-0.25, -0.2) is 0 Å². The van der Waals surface area contributed by atoms with Crippen molar-refractivity contribution in [3.05, 3.63) is 52.8 Å². The Bertz CT molecular complexity index is 514. The molecule has 2 N–H and O–H groups in total. The van der Waals surface area contributed by atoms with Crippen LogP contribution in [0.15, 0.2) is 47.2 Å². The molecule has 0 saturated carbocycles. The van der Waals surface area contributed by atoms with Crippen molar-refractivity contribution in [3.63, 3.8) is 0 Å². The molecule has 0 aliphatic heterocycles. The van der Waals surface area contributed by atoms with Crippen LogP contribution in [0.2, 0.25) is 0 Å². The fourth-order valence-corrected chi connectivity index (χ4v) is 2.15. The molecular weight excluding hydrogens is 278 g/mol. The molecule has 4 heteroatoms. The first kappa shape index (κ1) is 11.9. The highest BCUT2D eigenvalue weighted by molar-refractivity contribution is 9.10. The quantitative estimate of drug-likeness (QED) is 0.884. The van der Waals surface area contributed by atoms with E-state index in [4.69, 9.17) is 5.73 Å². The zero-order chi connectivity index (χ0) is 12.3. The van der Waals surface area contributed by atoms with Crippen molar-refractivity contribution in [2.75, 3.05) is 17.7 Å². The molecule has 0 unspecified atom stereocenters. The number of hydrogen-bond acceptors (Lipinski definition) is 3. The van der Waals surface area contributed by atoms with Crippen LogP contribution in [0.5, 0.6) is 0 Å². The number of pyridine rings is 1. The molecule has 0 saturated heterocycles. The van der Waals surface area contributed by atoms with Gasteiger partial charge in [0.15, 0.2) is 0 Å². The summed E-state index contributed by atoms with van der Waals surface area (Å²) >= 11 is 3.42. The van der Waals surface area contributed by atoms with E-state index in [2.05, 4.69) is 31.9 Å². The van der Waals surface area contributed by atoms with Gasteiger partial charge in [0.1, 0.15) is 0 Å². The van der Waals surface area contributed by atoms with Crippen LogP contribution in [0, 0.1) is 0 Å². The summed E-state index contributed by atoms with van der Waals surface area (Å²) in [4.78, 5) is 6.26.